The van der Waals surface area contributed by atoms with Crippen molar-refractivity contribution < 1.29 is 4.79 Å². The Morgan fingerprint density at radius 1 is 1.58 bits per heavy atom. The lowest BCUT2D eigenvalue weighted by atomic mass is 9.93. The van der Waals surface area contributed by atoms with Crippen molar-refractivity contribution in [3.8, 4) is 0 Å². The van der Waals surface area contributed by atoms with Gasteiger partial charge in [-0.05, 0) is 19.8 Å². The molecule has 0 fully saturated rings. The number of allylic oxidation sites excluding steroid dienone is 3. The molecule has 0 spiro atoms. The van der Waals surface area contributed by atoms with E-state index in [1.807, 2.05) is 6.08 Å². The molecule has 1 atom stereocenters. The van der Waals surface area contributed by atoms with E-state index in [4.69, 9.17) is 0 Å². The monoisotopic (exact) mass is 164 g/mol. The molecule has 1 unspecified atom stereocenters. The molecular formula is C11H16O. The van der Waals surface area contributed by atoms with Gasteiger partial charge in [0.15, 0.2) is 5.78 Å². The highest BCUT2D eigenvalue weighted by atomic mass is 16.1. The van der Waals surface area contributed by atoms with Crippen LogP contribution < -0.4 is 0 Å². The predicted octanol–water partition coefficient (Wildman–Crippen LogP) is 2.88. The first-order valence-corrected chi connectivity index (χ1v) is 4.56. The van der Waals surface area contributed by atoms with Gasteiger partial charge in [0.05, 0.1) is 0 Å². The van der Waals surface area contributed by atoms with E-state index < -0.39 is 0 Å². The fourth-order valence-electron chi connectivity index (χ4n) is 1.82. The van der Waals surface area contributed by atoms with Crippen LogP contribution in [0.1, 0.15) is 33.1 Å². The number of carbonyl (C=O) groups excluding carboxylic acids is 1. The summed E-state index contributed by atoms with van der Waals surface area (Å²) in [6.45, 7) is 7.92. The summed E-state index contributed by atoms with van der Waals surface area (Å²) in [5.74, 6) is 0.624. The smallest absolute Gasteiger partial charge is 0.159 e. The van der Waals surface area contributed by atoms with Crippen LogP contribution in [-0.4, -0.2) is 5.78 Å². The summed E-state index contributed by atoms with van der Waals surface area (Å²) >= 11 is 0. The van der Waals surface area contributed by atoms with Crippen LogP contribution in [0.15, 0.2) is 23.8 Å². The van der Waals surface area contributed by atoms with Crippen LogP contribution in [0.4, 0.5) is 0 Å². The van der Waals surface area contributed by atoms with Gasteiger partial charge in [0.25, 0.3) is 0 Å². The Balaban J connectivity index is 2.90. The Morgan fingerprint density at radius 2 is 2.25 bits per heavy atom. The lowest BCUT2D eigenvalue weighted by Crippen LogP contribution is -2.06. The topological polar surface area (TPSA) is 17.1 Å². The van der Waals surface area contributed by atoms with E-state index in [0.717, 1.165) is 18.4 Å². The largest absolute Gasteiger partial charge is 0.295 e. The maximum absolute atomic E-state index is 11.4. The third kappa shape index (κ3) is 1.50. The summed E-state index contributed by atoms with van der Waals surface area (Å²) in [7, 11) is 0. The second-order valence-corrected chi connectivity index (χ2v) is 3.37. The SMILES string of the molecule is C=CC(CC)C1=C(C)CCC1=O. The molecule has 1 nitrogen and oxygen atoms in total. The molecule has 1 aliphatic rings. The van der Waals surface area contributed by atoms with Crippen LogP contribution in [0, 0.1) is 5.92 Å². The van der Waals surface area contributed by atoms with E-state index in [2.05, 4.69) is 20.4 Å². The van der Waals surface area contributed by atoms with Gasteiger partial charge >= 0.3 is 0 Å². The summed E-state index contributed by atoms with van der Waals surface area (Å²) in [6, 6.07) is 0. The minimum atomic E-state index is 0.292. The maximum Gasteiger partial charge on any atom is 0.159 e. The van der Waals surface area contributed by atoms with E-state index in [1.54, 1.807) is 0 Å². The lowest BCUT2D eigenvalue weighted by Gasteiger charge is -2.10. The van der Waals surface area contributed by atoms with Gasteiger partial charge in [-0.1, -0.05) is 18.6 Å². The quantitative estimate of drug-likeness (QED) is 0.586. The first-order chi connectivity index (χ1) is 5.70. The van der Waals surface area contributed by atoms with E-state index in [-0.39, 0.29) is 0 Å². The van der Waals surface area contributed by atoms with Gasteiger partial charge in [-0.2, -0.15) is 0 Å². The Morgan fingerprint density at radius 3 is 2.58 bits per heavy atom. The minimum absolute atomic E-state index is 0.292. The molecule has 0 aromatic carbocycles. The first kappa shape index (κ1) is 9.24. The third-order valence-electron chi connectivity index (χ3n) is 2.58. The molecule has 66 valence electrons. The summed E-state index contributed by atoms with van der Waals surface area (Å²) in [6.07, 6.45) is 4.55. The Labute approximate surface area is 74.2 Å². The van der Waals surface area contributed by atoms with Crippen molar-refractivity contribution in [2.24, 2.45) is 5.92 Å². The van der Waals surface area contributed by atoms with Crippen LogP contribution >= 0.6 is 0 Å². The summed E-state index contributed by atoms with van der Waals surface area (Å²) in [4.78, 5) is 11.4. The highest BCUT2D eigenvalue weighted by Gasteiger charge is 2.24. The molecule has 0 N–H and O–H groups in total. The van der Waals surface area contributed by atoms with Crippen molar-refractivity contribution in [1.29, 1.82) is 0 Å². The highest BCUT2D eigenvalue weighted by Crippen LogP contribution is 2.30. The average Bonchev–Trinajstić information content (AvgIpc) is 2.38. The predicted molar refractivity (Wildman–Crippen MR) is 50.9 cm³/mol. The van der Waals surface area contributed by atoms with Crippen LogP contribution in [-0.2, 0) is 4.79 Å². The van der Waals surface area contributed by atoms with Gasteiger partial charge in [0, 0.05) is 17.9 Å². The fourth-order valence-corrected chi connectivity index (χ4v) is 1.82. The molecule has 0 saturated carbocycles. The highest BCUT2D eigenvalue weighted by molar-refractivity contribution is 5.99. The van der Waals surface area contributed by atoms with Crippen molar-refractivity contribution in [3.63, 3.8) is 0 Å². The van der Waals surface area contributed by atoms with Gasteiger partial charge in [-0.15, -0.1) is 6.58 Å². The van der Waals surface area contributed by atoms with Gasteiger partial charge in [-0.25, -0.2) is 0 Å². The van der Waals surface area contributed by atoms with Crippen molar-refractivity contribution in [2.75, 3.05) is 0 Å². The number of hydrogen-bond acceptors (Lipinski definition) is 1. The second-order valence-electron chi connectivity index (χ2n) is 3.37. The summed E-state index contributed by atoms with van der Waals surface area (Å²) in [5, 5.41) is 0. The van der Waals surface area contributed by atoms with Crippen LogP contribution in [0.25, 0.3) is 0 Å². The molecular weight excluding hydrogens is 148 g/mol. The number of Topliss-reactive ketones (excluding diaryl/α,β-unsaturated/α-hetero) is 1. The summed E-state index contributed by atoms with van der Waals surface area (Å²) < 4.78 is 0. The Bertz CT molecular complexity index is 235. The van der Waals surface area contributed by atoms with Gasteiger partial charge < -0.3 is 0 Å². The normalized spacial score (nSPS) is 20.0. The zero-order chi connectivity index (χ0) is 9.14. The van der Waals surface area contributed by atoms with Crippen LogP contribution in [0.2, 0.25) is 0 Å². The fraction of sp³-hybridized carbons (Fsp3) is 0.545. The molecule has 0 aliphatic heterocycles. The average molecular weight is 164 g/mol. The van der Waals surface area contributed by atoms with E-state index in [1.165, 1.54) is 5.57 Å². The molecule has 1 aliphatic carbocycles. The van der Waals surface area contributed by atoms with Gasteiger partial charge in [0.2, 0.25) is 0 Å². The molecule has 1 rings (SSSR count). The number of rotatable bonds is 3. The Kier molecular flexibility index (Phi) is 2.85. The molecule has 0 heterocycles. The van der Waals surface area contributed by atoms with Crippen LogP contribution in [0.3, 0.4) is 0 Å². The molecule has 1 heteroatoms. The van der Waals surface area contributed by atoms with E-state index >= 15 is 0 Å². The lowest BCUT2D eigenvalue weighted by molar-refractivity contribution is -0.115. The number of carbonyl (C=O) groups is 1. The first-order valence-electron chi connectivity index (χ1n) is 4.56. The minimum Gasteiger partial charge on any atom is -0.295 e. The molecule has 0 radical (unpaired) electrons. The maximum atomic E-state index is 11.4. The molecule has 12 heavy (non-hydrogen) atoms. The van der Waals surface area contributed by atoms with Crippen molar-refractivity contribution >= 4 is 5.78 Å². The number of hydrogen-bond donors (Lipinski definition) is 0. The summed E-state index contributed by atoms with van der Waals surface area (Å²) in [5.41, 5.74) is 2.30. The van der Waals surface area contributed by atoms with Gasteiger partial charge in [-0.3, -0.25) is 4.79 Å². The zero-order valence-corrected chi connectivity index (χ0v) is 7.89. The number of ketones is 1. The molecule has 0 aromatic rings. The third-order valence-corrected chi connectivity index (χ3v) is 2.58. The van der Waals surface area contributed by atoms with Crippen molar-refractivity contribution in [1.82, 2.24) is 0 Å². The van der Waals surface area contributed by atoms with Crippen molar-refractivity contribution in [2.45, 2.75) is 33.1 Å². The molecule has 0 bridgehead atoms. The second kappa shape index (κ2) is 3.70. The Hall–Kier alpha value is -0.850. The van der Waals surface area contributed by atoms with Crippen molar-refractivity contribution in [3.05, 3.63) is 23.8 Å². The molecule has 0 amide bonds. The molecule has 0 saturated heterocycles. The van der Waals surface area contributed by atoms with E-state index in [0.29, 0.717) is 18.1 Å². The zero-order valence-electron chi connectivity index (χ0n) is 7.89. The van der Waals surface area contributed by atoms with Gasteiger partial charge in [0.1, 0.15) is 0 Å². The molecule has 0 aromatic heterocycles. The van der Waals surface area contributed by atoms with E-state index in [9.17, 15) is 4.79 Å². The standard InChI is InChI=1S/C11H16O/c1-4-9(5-2)11-8(3)6-7-10(11)12/h4,9H,1,5-7H2,2-3H3. The van der Waals surface area contributed by atoms with Crippen LogP contribution in [0.5, 0.6) is 0 Å².